The highest BCUT2D eigenvalue weighted by Crippen LogP contribution is 2.28. The number of halogens is 1. The molecule has 19 heavy (non-hydrogen) atoms. The van der Waals surface area contributed by atoms with Gasteiger partial charge in [-0.1, -0.05) is 34.1 Å². The third-order valence-electron chi connectivity index (χ3n) is 4.13. The van der Waals surface area contributed by atoms with Crippen LogP contribution in [0.5, 0.6) is 0 Å². The quantitative estimate of drug-likeness (QED) is 0.929. The molecule has 1 aliphatic heterocycles. The number of rotatable bonds is 3. The van der Waals surface area contributed by atoms with E-state index in [0.717, 1.165) is 23.9 Å². The first kappa shape index (κ1) is 14.5. The third kappa shape index (κ3) is 3.00. The minimum Gasteiger partial charge on any atom is -0.336 e. The van der Waals surface area contributed by atoms with Gasteiger partial charge in [-0.15, -0.1) is 0 Å². The molecule has 0 aliphatic carbocycles. The molecule has 2 N–H and O–H groups in total. The fourth-order valence-corrected chi connectivity index (χ4v) is 3.12. The van der Waals surface area contributed by atoms with Gasteiger partial charge < -0.3 is 10.6 Å². The molecule has 1 aliphatic rings. The topological polar surface area (TPSA) is 46.3 Å². The van der Waals surface area contributed by atoms with Gasteiger partial charge in [0.1, 0.15) is 0 Å². The average molecular weight is 325 g/mol. The Bertz CT molecular complexity index is 473. The molecule has 1 aromatic carbocycles. The van der Waals surface area contributed by atoms with Gasteiger partial charge in [0.15, 0.2) is 0 Å². The summed E-state index contributed by atoms with van der Waals surface area (Å²) in [7, 11) is 0. The van der Waals surface area contributed by atoms with E-state index in [1.165, 1.54) is 5.56 Å². The maximum atomic E-state index is 12.3. The molecule has 0 saturated carbocycles. The van der Waals surface area contributed by atoms with Crippen LogP contribution in [0, 0.1) is 0 Å². The first-order valence-electron chi connectivity index (χ1n) is 6.72. The Morgan fingerprint density at radius 1 is 1.47 bits per heavy atom. The van der Waals surface area contributed by atoms with E-state index < -0.39 is 0 Å². The number of hydrogen-bond donors (Lipinski definition) is 1. The number of nitrogens with two attached hydrogens (primary N) is 1. The van der Waals surface area contributed by atoms with Crippen molar-refractivity contribution in [3.05, 3.63) is 34.3 Å². The van der Waals surface area contributed by atoms with Gasteiger partial charge in [0, 0.05) is 23.5 Å². The monoisotopic (exact) mass is 324 g/mol. The lowest BCUT2D eigenvalue weighted by Crippen LogP contribution is -2.51. The van der Waals surface area contributed by atoms with Crippen LogP contribution in [-0.2, 0) is 11.2 Å². The van der Waals surface area contributed by atoms with Gasteiger partial charge in [0.2, 0.25) is 5.91 Å². The molecule has 104 valence electrons. The van der Waals surface area contributed by atoms with Gasteiger partial charge in [-0.25, -0.2) is 0 Å². The van der Waals surface area contributed by atoms with Crippen molar-refractivity contribution in [2.24, 2.45) is 5.73 Å². The number of carbonyl (C=O) groups is 1. The van der Waals surface area contributed by atoms with Crippen molar-refractivity contribution < 1.29 is 4.79 Å². The molecule has 3 nitrogen and oxygen atoms in total. The van der Waals surface area contributed by atoms with Gasteiger partial charge in [-0.05, 0) is 38.3 Å². The van der Waals surface area contributed by atoms with E-state index in [1.54, 1.807) is 0 Å². The fraction of sp³-hybridized carbons (Fsp3) is 0.533. The van der Waals surface area contributed by atoms with Crippen LogP contribution in [-0.4, -0.2) is 28.9 Å². The van der Waals surface area contributed by atoms with E-state index in [-0.39, 0.29) is 17.5 Å². The van der Waals surface area contributed by atoms with Crippen LogP contribution in [0.1, 0.15) is 32.3 Å². The first-order chi connectivity index (χ1) is 8.93. The average Bonchev–Trinajstić information content (AvgIpc) is 2.63. The summed E-state index contributed by atoms with van der Waals surface area (Å²) in [6.07, 6.45) is 2.20. The maximum Gasteiger partial charge on any atom is 0.223 e. The van der Waals surface area contributed by atoms with E-state index in [4.69, 9.17) is 5.73 Å². The highest BCUT2D eigenvalue weighted by Gasteiger charge is 2.41. The predicted molar refractivity (Wildman–Crippen MR) is 80.8 cm³/mol. The Morgan fingerprint density at radius 2 is 2.16 bits per heavy atom. The van der Waals surface area contributed by atoms with Gasteiger partial charge >= 0.3 is 0 Å². The Balaban J connectivity index is 1.98. The zero-order valence-electron chi connectivity index (χ0n) is 11.5. The summed E-state index contributed by atoms with van der Waals surface area (Å²) in [5.74, 6) is 0.203. The summed E-state index contributed by atoms with van der Waals surface area (Å²) in [4.78, 5) is 14.3. The van der Waals surface area contributed by atoms with Gasteiger partial charge in [0.05, 0.1) is 5.54 Å². The molecule has 1 amide bonds. The molecular weight excluding hydrogens is 304 g/mol. The number of nitrogens with zero attached hydrogens (tertiary/aromatic N) is 1. The molecule has 1 saturated heterocycles. The molecule has 1 atom stereocenters. The van der Waals surface area contributed by atoms with Gasteiger partial charge in [-0.2, -0.15) is 0 Å². The summed E-state index contributed by atoms with van der Waals surface area (Å²) in [5, 5.41) is 0. The van der Waals surface area contributed by atoms with Crippen molar-refractivity contribution in [2.75, 3.05) is 6.54 Å². The molecule has 0 bridgehead atoms. The number of amides is 1. The maximum absolute atomic E-state index is 12.3. The third-order valence-corrected chi connectivity index (χ3v) is 4.91. The molecule has 0 aromatic heterocycles. The van der Waals surface area contributed by atoms with E-state index in [9.17, 15) is 4.79 Å². The first-order valence-corrected chi connectivity index (χ1v) is 7.51. The summed E-state index contributed by atoms with van der Waals surface area (Å²) in [6, 6.07) is 8.13. The highest BCUT2D eigenvalue weighted by atomic mass is 79.9. The van der Waals surface area contributed by atoms with Crippen molar-refractivity contribution in [1.82, 2.24) is 4.90 Å². The smallest absolute Gasteiger partial charge is 0.223 e. The van der Waals surface area contributed by atoms with Crippen molar-refractivity contribution in [3.63, 3.8) is 0 Å². The summed E-state index contributed by atoms with van der Waals surface area (Å²) >= 11 is 3.52. The lowest BCUT2D eigenvalue weighted by molar-refractivity contribution is -0.134. The zero-order valence-corrected chi connectivity index (χ0v) is 13.1. The van der Waals surface area contributed by atoms with Crippen LogP contribution in [0.2, 0.25) is 0 Å². The van der Waals surface area contributed by atoms with E-state index in [0.29, 0.717) is 6.42 Å². The Hall–Kier alpha value is -0.870. The zero-order chi connectivity index (χ0) is 14.0. The van der Waals surface area contributed by atoms with Crippen molar-refractivity contribution >= 4 is 21.8 Å². The van der Waals surface area contributed by atoms with Crippen molar-refractivity contribution in [3.8, 4) is 0 Å². The number of carbonyl (C=O) groups excluding carboxylic acids is 1. The minimum atomic E-state index is -0.217. The van der Waals surface area contributed by atoms with Crippen LogP contribution < -0.4 is 5.73 Å². The minimum absolute atomic E-state index is 0.0833. The van der Waals surface area contributed by atoms with E-state index in [1.807, 2.05) is 23.1 Å². The number of benzene rings is 1. The Kier molecular flexibility index (Phi) is 4.31. The summed E-state index contributed by atoms with van der Waals surface area (Å²) < 4.78 is 1.07. The molecule has 1 unspecified atom stereocenters. The van der Waals surface area contributed by atoms with Gasteiger partial charge in [0.25, 0.3) is 0 Å². The molecule has 4 heteroatoms. The van der Waals surface area contributed by atoms with Crippen molar-refractivity contribution in [2.45, 2.75) is 44.7 Å². The van der Waals surface area contributed by atoms with E-state index in [2.05, 4.69) is 35.8 Å². The normalized spacial score (nSPS) is 21.7. The molecule has 1 fully saturated rings. The second-order valence-corrected chi connectivity index (χ2v) is 6.54. The Labute approximate surface area is 123 Å². The number of likely N-dealkylation sites (tertiary alicyclic amines) is 1. The number of hydrogen-bond acceptors (Lipinski definition) is 2. The summed E-state index contributed by atoms with van der Waals surface area (Å²) in [6.45, 7) is 4.89. The molecule has 0 spiro atoms. The number of aryl methyl sites for hydroxylation is 1. The van der Waals surface area contributed by atoms with Crippen LogP contribution in [0.15, 0.2) is 28.7 Å². The SMILES string of the molecule is CC1(C)C(N)CCN1C(=O)CCc1ccccc1Br. The predicted octanol–water partition coefficient (Wildman–Crippen LogP) is 2.72. The van der Waals surface area contributed by atoms with Crippen LogP contribution in [0.25, 0.3) is 0 Å². The molecule has 2 rings (SSSR count). The van der Waals surface area contributed by atoms with Gasteiger partial charge in [-0.3, -0.25) is 4.79 Å². The van der Waals surface area contributed by atoms with E-state index >= 15 is 0 Å². The second kappa shape index (κ2) is 5.63. The summed E-state index contributed by atoms with van der Waals surface area (Å²) in [5.41, 5.74) is 7.03. The van der Waals surface area contributed by atoms with Crippen LogP contribution in [0.4, 0.5) is 0 Å². The van der Waals surface area contributed by atoms with Crippen LogP contribution >= 0.6 is 15.9 Å². The largest absolute Gasteiger partial charge is 0.336 e. The highest BCUT2D eigenvalue weighted by molar-refractivity contribution is 9.10. The van der Waals surface area contributed by atoms with Crippen molar-refractivity contribution in [1.29, 1.82) is 0 Å². The second-order valence-electron chi connectivity index (χ2n) is 5.69. The molecule has 0 radical (unpaired) electrons. The van der Waals surface area contributed by atoms with Crippen LogP contribution in [0.3, 0.4) is 0 Å². The molecular formula is C15H21BrN2O. The molecule has 1 heterocycles. The lowest BCUT2D eigenvalue weighted by Gasteiger charge is -2.34. The molecule has 1 aromatic rings. The Morgan fingerprint density at radius 3 is 2.74 bits per heavy atom. The lowest BCUT2D eigenvalue weighted by atomic mass is 9.96. The fourth-order valence-electron chi connectivity index (χ4n) is 2.63. The standard InChI is InChI=1S/C15H21BrN2O/c1-15(2)13(17)9-10-18(15)14(19)8-7-11-5-3-4-6-12(11)16/h3-6,13H,7-10,17H2,1-2H3.